The van der Waals surface area contributed by atoms with E-state index in [0.717, 1.165) is 16.3 Å². The van der Waals surface area contributed by atoms with Gasteiger partial charge in [-0.15, -0.1) is 0 Å². The Labute approximate surface area is 135 Å². The molecule has 0 bridgehead atoms. The number of rotatable bonds is 7. The molecule has 5 nitrogen and oxygen atoms in total. The summed E-state index contributed by atoms with van der Waals surface area (Å²) in [7, 11) is 0. The molecule has 0 fully saturated rings. The van der Waals surface area contributed by atoms with Crippen molar-refractivity contribution in [3.8, 4) is 0 Å². The molecule has 23 heavy (non-hydrogen) atoms. The third kappa shape index (κ3) is 5.07. The summed E-state index contributed by atoms with van der Waals surface area (Å²) >= 11 is 0. The Bertz CT molecular complexity index is 680. The Balaban J connectivity index is 1.88. The number of fused-ring (bicyclic) bond motifs is 1. The SMILES string of the molecule is CC(CCO)NC(=O)CNC(=O)Cc1cccc2ccccc12. The van der Waals surface area contributed by atoms with Crippen LogP contribution in [0.15, 0.2) is 42.5 Å². The van der Waals surface area contributed by atoms with Crippen LogP contribution in [0.25, 0.3) is 10.8 Å². The molecule has 0 aliphatic carbocycles. The van der Waals surface area contributed by atoms with Gasteiger partial charge in [0.15, 0.2) is 0 Å². The molecule has 0 saturated carbocycles. The van der Waals surface area contributed by atoms with E-state index in [1.807, 2.05) is 49.4 Å². The van der Waals surface area contributed by atoms with Crippen LogP contribution >= 0.6 is 0 Å². The fourth-order valence-electron chi connectivity index (χ4n) is 2.45. The van der Waals surface area contributed by atoms with Gasteiger partial charge in [-0.05, 0) is 29.7 Å². The Kier molecular flexibility index (Phi) is 6.11. The van der Waals surface area contributed by atoms with Gasteiger partial charge in [-0.3, -0.25) is 9.59 Å². The van der Waals surface area contributed by atoms with E-state index in [2.05, 4.69) is 10.6 Å². The molecule has 0 saturated heterocycles. The predicted molar refractivity (Wildman–Crippen MR) is 90.0 cm³/mol. The van der Waals surface area contributed by atoms with E-state index >= 15 is 0 Å². The van der Waals surface area contributed by atoms with Crippen LogP contribution in [0.4, 0.5) is 0 Å². The van der Waals surface area contributed by atoms with Gasteiger partial charge >= 0.3 is 0 Å². The lowest BCUT2D eigenvalue weighted by Gasteiger charge is -2.13. The number of carbonyl (C=O) groups excluding carboxylic acids is 2. The third-order valence-electron chi connectivity index (χ3n) is 3.65. The molecule has 0 aliphatic rings. The highest BCUT2D eigenvalue weighted by atomic mass is 16.3. The number of amides is 2. The minimum absolute atomic E-state index is 0.0227. The maximum atomic E-state index is 12.0. The lowest BCUT2D eigenvalue weighted by atomic mass is 10.0. The zero-order valence-corrected chi connectivity index (χ0v) is 13.2. The smallest absolute Gasteiger partial charge is 0.239 e. The number of carbonyl (C=O) groups is 2. The van der Waals surface area contributed by atoms with Crippen LogP contribution in [0.2, 0.25) is 0 Å². The first kappa shape index (κ1) is 17.0. The van der Waals surface area contributed by atoms with E-state index in [1.165, 1.54) is 0 Å². The maximum absolute atomic E-state index is 12.0. The fourth-order valence-corrected chi connectivity index (χ4v) is 2.45. The van der Waals surface area contributed by atoms with Gasteiger partial charge in [0.05, 0.1) is 13.0 Å². The Hall–Kier alpha value is -2.40. The molecule has 0 radical (unpaired) electrons. The van der Waals surface area contributed by atoms with Crippen LogP contribution in [0.1, 0.15) is 18.9 Å². The second-order valence-corrected chi connectivity index (χ2v) is 5.57. The van der Waals surface area contributed by atoms with Crippen LogP contribution in [0.5, 0.6) is 0 Å². The van der Waals surface area contributed by atoms with E-state index in [0.29, 0.717) is 6.42 Å². The number of aliphatic hydroxyl groups excluding tert-OH is 1. The zero-order valence-electron chi connectivity index (χ0n) is 13.2. The number of hydrogen-bond acceptors (Lipinski definition) is 3. The summed E-state index contributed by atoms with van der Waals surface area (Å²) in [5.74, 6) is -0.441. The van der Waals surface area contributed by atoms with Crippen molar-refractivity contribution in [3.05, 3.63) is 48.0 Å². The molecule has 2 aromatic rings. The predicted octanol–water partition coefficient (Wildman–Crippen LogP) is 1.39. The van der Waals surface area contributed by atoms with E-state index in [4.69, 9.17) is 5.11 Å². The summed E-state index contributed by atoms with van der Waals surface area (Å²) in [6, 6.07) is 13.6. The first-order chi connectivity index (χ1) is 11.1. The molecule has 2 aromatic carbocycles. The number of hydrogen-bond donors (Lipinski definition) is 3. The van der Waals surface area contributed by atoms with Crippen molar-refractivity contribution in [1.29, 1.82) is 0 Å². The van der Waals surface area contributed by atoms with Gasteiger partial charge in [-0.25, -0.2) is 0 Å². The van der Waals surface area contributed by atoms with Crippen molar-refractivity contribution in [1.82, 2.24) is 10.6 Å². The van der Waals surface area contributed by atoms with Crippen molar-refractivity contribution in [2.45, 2.75) is 25.8 Å². The summed E-state index contributed by atoms with van der Waals surface area (Å²) < 4.78 is 0. The van der Waals surface area contributed by atoms with E-state index in [-0.39, 0.29) is 37.4 Å². The highest BCUT2D eigenvalue weighted by Gasteiger charge is 2.10. The van der Waals surface area contributed by atoms with Crippen molar-refractivity contribution < 1.29 is 14.7 Å². The van der Waals surface area contributed by atoms with Gasteiger partial charge in [-0.1, -0.05) is 42.5 Å². The molecule has 0 aliphatic heterocycles. The van der Waals surface area contributed by atoms with Gasteiger partial charge < -0.3 is 15.7 Å². The Morgan fingerprint density at radius 3 is 2.61 bits per heavy atom. The van der Waals surface area contributed by atoms with E-state index in [1.54, 1.807) is 0 Å². The van der Waals surface area contributed by atoms with Gasteiger partial charge in [0, 0.05) is 12.6 Å². The van der Waals surface area contributed by atoms with Crippen LogP contribution < -0.4 is 10.6 Å². The van der Waals surface area contributed by atoms with Crippen LogP contribution in [-0.2, 0) is 16.0 Å². The van der Waals surface area contributed by atoms with Crippen molar-refractivity contribution in [2.75, 3.05) is 13.2 Å². The minimum Gasteiger partial charge on any atom is -0.396 e. The first-order valence-corrected chi connectivity index (χ1v) is 7.73. The zero-order chi connectivity index (χ0) is 16.7. The first-order valence-electron chi connectivity index (χ1n) is 7.73. The number of nitrogens with one attached hydrogen (secondary N) is 2. The molecule has 5 heteroatoms. The van der Waals surface area contributed by atoms with Crippen LogP contribution in [0.3, 0.4) is 0 Å². The summed E-state index contributed by atoms with van der Waals surface area (Å²) in [6.07, 6.45) is 0.733. The Morgan fingerprint density at radius 1 is 1.09 bits per heavy atom. The second kappa shape index (κ2) is 8.29. The summed E-state index contributed by atoms with van der Waals surface area (Å²) in [5, 5.41) is 16.3. The molecular formula is C18H22N2O3. The van der Waals surface area contributed by atoms with E-state index in [9.17, 15) is 9.59 Å². The molecular weight excluding hydrogens is 292 g/mol. The molecule has 1 atom stereocenters. The van der Waals surface area contributed by atoms with Gasteiger partial charge in [0.1, 0.15) is 0 Å². The molecule has 2 amide bonds. The lowest BCUT2D eigenvalue weighted by molar-refractivity contribution is -0.126. The third-order valence-corrected chi connectivity index (χ3v) is 3.65. The topological polar surface area (TPSA) is 78.4 Å². The van der Waals surface area contributed by atoms with E-state index < -0.39 is 0 Å². The molecule has 0 heterocycles. The monoisotopic (exact) mass is 314 g/mol. The molecule has 1 unspecified atom stereocenters. The summed E-state index contributed by atoms with van der Waals surface area (Å²) in [4.78, 5) is 23.7. The lowest BCUT2D eigenvalue weighted by Crippen LogP contribution is -2.41. The Morgan fingerprint density at radius 2 is 1.83 bits per heavy atom. The molecule has 3 N–H and O–H groups in total. The van der Waals surface area contributed by atoms with Gasteiger partial charge in [0.25, 0.3) is 0 Å². The highest BCUT2D eigenvalue weighted by Crippen LogP contribution is 2.18. The average Bonchev–Trinajstić information content (AvgIpc) is 2.53. The largest absolute Gasteiger partial charge is 0.396 e. The normalized spacial score (nSPS) is 11.9. The van der Waals surface area contributed by atoms with Gasteiger partial charge in [-0.2, -0.15) is 0 Å². The average molecular weight is 314 g/mol. The molecule has 122 valence electrons. The minimum atomic E-state index is -0.253. The number of aliphatic hydroxyl groups is 1. The van der Waals surface area contributed by atoms with Crippen LogP contribution in [0, 0.1) is 0 Å². The highest BCUT2D eigenvalue weighted by molar-refractivity contribution is 5.91. The van der Waals surface area contributed by atoms with Crippen LogP contribution in [-0.4, -0.2) is 36.1 Å². The fraction of sp³-hybridized carbons (Fsp3) is 0.333. The van der Waals surface area contributed by atoms with Gasteiger partial charge in [0.2, 0.25) is 11.8 Å². The standard InChI is InChI=1S/C18H22N2O3/c1-13(9-10-21)20-18(23)12-19-17(22)11-15-7-4-6-14-5-2-3-8-16(14)15/h2-8,13,21H,9-12H2,1H3,(H,19,22)(H,20,23). The van der Waals surface area contributed by atoms with Crippen molar-refractivity contribution in [3.63, 3.8) is 0 Å². The second-order valence-electron chi connectivity index (χ2n) is 5.57. The molecule has 0 aromatic heterocycles. The quantitative estimate of drug-likeness (QED) is 0.722. The van der Waals surface area contributed by atoms with Crippen molar-refractivity contribution >= 4 is 22.6 Å². The summed E-state index contributed by atoms with van der Waals surface area (Å²) in [6.45, 7) is 1.78. The number of benzene rings is 2. The maximum Gasteiger partial charge on any atom is 0.239 e. The summed E-state index contributed by atoms with van der Waals surface area (Å²) in [5.41, 5.74) is 0.939. The van der Waals surface area contributed by atoms with Crippen molar-refractivity contribution in [2.24, 2.45) is 0 Å². The molecule has 2 rings (SSSR count). The molecule has 0 spiro atoms.